The first-order chi connectivity index (χ1) is 13.4. The minimum Gasteiger partial charge on any atom is -0.311 e. The van der Waals surface area contributed by atoms with E-state index >= 15 is 0 Å². The summed E-state index contributed by atoms with van der Waals surface area (Å²) in [5.74, 6) is -0.275. The topological polar surface area (TPSA) is 57.7 Å². The Morgan fingerprint density at radius 2 is 1.36 bits per heavy atom. The number of benzene rings is 3. The normalized spacial score (nSPS) is 11.1. The van der Waals surface area contributed by atoms with Crippen LogP contribution in [-0.4, -0.2) is 27.6 Å². The second-order valence-corrected chi connectivity index (χ2v) is 8.38. The van der Waals surface area contributed by atoms with Gasteiger partial charge in [-0.2, -0.15) is 0 Å². The van der Waals surface area contributed by atoms with Crippen LogP contribution in [0.15, 0.2) is 84.9 Å². The van der Waals surface area contributed by atoms with Gasteiger partial charge >= 0.3 is 0 Å². The highest BCUT2D eigenvalue weighted by atomic mass is 32.2. The summed E-state index contributed by atoms with van der Waals surface area (Å²) in [6, 6.07) is 25.3. The molecule has 0 fully saturated rings. The van der Waals surface area contributed by atoms with Crippen molar-refractivity contribution in [3.05, 3.63) is 96.1 Å². The fraction of sp³-hybridized carbons (Fsp3) is 0.136. The zero-order chi connectivity index (χ0) is 20.1. The molecule has 0 atom stereocenters. The molecule has 0 aliphatic carbocycles. The first kappa shape index (κ1) is 19.6. The maximum Gasteiger partial charge on any atom is 0.260 e. The summed E-state index contributed by atoms with van der Waals surface area (Å²) in [6.45, 7) is 0.152. The Kier molecular flexibility index (Phi) is 5.80. The molecule has 0 radical (unpaired) electrons. The number of anilines is 2. The van der Waals surface area contributed by atoms with Gasteiger partial charge in [0.05, 0.1) is 24.1 Å². The molecule has 0 aliphatic heterocycles. The SMILES string of the molecule is CN(C(=O)c1ccccc1N(Cc1ccccc1)S(C)(=O)=O)c1ccccc1. The molecular formula is C22H22N2O3S. The summed E-state index contributed by atoms with van der Waals surface area (Å²) in [4.78, 5) is 14.7. The summed E-state index contributed by atoms with van der Waals surface area (Å²) in [6.07, 6.45) is 1.15. The smallest absolute Gasteiger partial charge is 0.260 e. The Bertz CT molecular complexity index is 1050. The van der Waals surface area contributed by atoms with Crippen molar-refractivity contribution in [2.75, 3.05) is 22.5 Å². The maximum atomic E-state index is 13.2. The van der Waals surface area contributed by atoms with E-state index in [0.29, 0.717) is 11.3 Å². The third kappa shape index (κ3) is 4.40. The molecule has 0 bridgehead atoms. The molecule has 0 N–H and O–H groups in total. The number of hydrogen-bond donors (Lipinski definition) is 0. The van der Waals surface area contributed by atoms with E-state index in [1.165, 1.54) is 9.21 Å². The van der Waals surface area contributed by atoms with Gasteiger partial charge in [-0.1, -0.05) is 60.7 Å². The fourth-order valence-corrected chi connectivity index (χ4v) is 3.85. The molecule has 3 aromatic carbocycles. The van der Waals surface area contributed by atoms with Crippen LogP contribution < -0.4 is 9.21 Å². The van der Waals surface area contributed by atoms with Crippen LogP contribution in [-0.2, 0) is 16.6 Å². The number of sulfonamides is 1. The lowest BCUT2D eigenvalue weighted by molar-refractivity contribution is 0.0993. The van der Waals surface area contributed by atoms with Gasteiger partial charge in [-0.25, -0.2) is 8.42 Å². The molecule has 1 amide bonds. The van der Waals surface area contributed by atoms with Crippen LogP contribution in [0.5, 0.6) is 0 Å². The van der Waals surface area contributed by atoms with E-state index in [1.807, 2.05) is 60.7 Å². The molecule has 144 valence electrons. The van der Waals surface area contributed by atoms with E-state index in [1.54, 1.807) is 31.3 Å². The average Bonchev–Trinajstić information content (AvgIpc) is 2.71. The maximum absolute atomic E-state index is 13.2. The number of hydrogen-bond acceptors (Lipinski definition) is 3. The van der Waals surface area contributed by atoms with Crippen molar-refractivity contribution in [2.45, 2.75) is 6.54 Å². The van der Waals surface area contributed by atoms with E-state index in [2.05, 4.69) is 0 Å². The standard InChI is InChI=1S/C22H22N2O3S/c1-23(19-13-7-4-8-14-19)22(25)20-15-9-10-16-21(20)24(28(2,26)27)17-18-11-5-3-6-12-18/h3-16H,17H2,1-2H3. The predicted octanol–water partition coefficient (Wildman–Crippen LogP) is 3.93. The van der Waals surface area contributed by atoms with E-state index < -0.39 is 10.0 Å². The third-order valence-electron chi connectivity index (χ3n) is 4.42. The molecular weight excluding hydrogens is 372 g/mol. The van der Waals surface area contributed by atoms with Gasteiger partial charge in [0, 0.05) is 12.7 Å². The van der Waals surface area contributed by atoms with E-state index in [-0.39, 0.29) is 12.5 Å². The molecule has 6 heteroatoms. The highest BCUT2D eigenvalue weighted by Gasteiger charge is 2.25. The van der Waals surface area contributed by atoms with Gasteiger partial charge in [0.25, 0.3) is 5.91 Å². The molecule has 0 saturated heterocycles. The average molecular weight is 394 g/mol. The van der Waals surface area contributed by atoms with Gasteiger partial charge in [-0.15, -0.1) is 0 Å². The first-order valence-corrected chi connectivity index (χ1v) is 10.7. The van der Waals surface area contributed by atoms with Crippen molar-refractivity contribution in [3.63, 3.8) is 0 Å². The van der Waals surface area contributed by atoms with Crippen molar-refractivity contribution in [3.8, 4) is 0 Å². The zero-order valence-corrected chi connectivity index (χ0v) is 16.6. The van der Waals surface area contributed by atoms with Crippen LogP contribution in [0.1, 0.15) is 15.9 Å². The summed E-state index contributed by atoms with van der Waals surface area (Å²) in [5.41, 5.74) is 2.26. The molecule has 3 aromatic rings. The highest BCUT2D eigenvalue weighted by Crippen LogP contribution is 2.27. The molecule has 5 nitrogen and oxygen atoms in total. The van der Waals surface area contributed by atoms with Crippen LogP contribution >= 0.6 is 0 Å². The zero-order valence-electron chi connectivity index (χ0n) is 15.8. The number of para-hydroxylation sites is 2. The largest absolute Gasteiger partial charge is 0.311 e. The van der Waals surface area contributed by atoms with Gasteiger partial charge in [0.2, 0.25) is 10.0 Å². The first-order valence-electron chi connectivity index (χ1n) is 8.81. The minimum absolute atomic E-state index is 0.152. The molecule has 28 heavy (non-hydrogen) atoms. The number of amides is 1. The summed E-state index contributed by atoms with van der Waals surface area (Å²) in [7, 11) is -1.92. The van der Waals surface area contributed by atoms with Crippen LogP contribution in [0.2, 0.25) is 0 Å². The van der Waals surface area contributed by atoms with Crippen LogP contribution in [0, 0.1) is 0 Å². The third-order valence-corrected chi connectivity index (χ3v) is 5.55. The molecule has 3 rings (SSSR count). The van der Waals surface area contributed by atoms with Gasteiger partial charge in [0.15, 0.2) is 0 Å². The summed E-state index contributed by atoms with van der Waals surface area (Å²) >= 11 is 0. The van der Waals surface area contributed by atoms with E-state index in [0.717, 1.165) is 17.5 Å². The Morgan fingerprint density at radius 3 is 1.96 bits per heavy atom. The monoisotopic (exact) mass is 394 g/mol. The van der Waals surface area contributed by atoms with Gasteiger partial charge < -0.3 is 4.90 Å². The van der Waals surface area contributed by atoms with E-state index in [9.17, 15) is 13.2 Å². The van der Waals surface area contributed by atoms with Gasteiger partial charge in [0.1, 0.15) is 0 Å². The number of nitrogens with zero attached hydrogens (tertiary/aromatic N) is 2. The number of carbonyl (C=O) groups is 1. The lowest BCUT2D eigenvalue weighted by Crippen LogP contribution is -2.33. The molecule has 0 heterocycles. The molecule has 0 saturated carbocycles. The van der Waals surface area contributed by atoms with Crippen molar-refractivity contribution in [1.29, 1.82) is 0 Å². The van der Waals surface area contributed by atoms with Crippen LogP contribution in [0.3, 0.4) is 0 Å². The lowest BCUT2D eigenvalue weighted by Gasteiger charge is -2.26. The molecule has 0 spiro atoms. The number of carbonyl (C=O) groups excluding carboxylic acids is 1. The Labute approximate surface area is 165 Å². The van der Waals surface area contributed by atoms with Crippen molar-refractivity contribution < 1.29 is 13.2 Å². The van der Waals surface area contributed by atoms with Gasteiger partial charge in [-0.3, -0.25) is 9.10 Å². The Morgan fingerprint density at radius 1 is 0.821 bits per heavy atom. The van der Waals surface area contributed by atoms with Crippen molar-refractivity contribution >= 4 is 27.3 Å². The van der Waals surface area contributed by atoms with Crippen molar-refractivity contribution in [1.82, 2.24) is 0 Å². The van der Waals surface area contributed by atoms with Gasteiger partial charge in [-0.05, 0) is 29.8 Å². The van der Waals surface area contributed by atoms with Crippen LogP contribution in [0.4, 0.5) is 11.4 Å². The van der Waals surface area contributed by atoms with E-state index in [4.69, 9.17) is 0 Å². The van der Waals surface area contributed by atoms with Crippen molar-refractivity contribution in [2.24, 2.45) is 0 Å². The highest BCUT2D eigenvalue weighted by molar-refractivity contribution is 7.92. The fourth-order valence-electron chi connectivity index (χ4n) is 2.95. The quantitative estimate of drug-likeness (QED) is 0.637. The molecule has 0 aliphatic rings. The molecule has 0 unspecified atom stereocenters. The Hall–Kier alpha value is -3.12. The summed E-state index contributed by atoms with van der Waals surface area (Å²) in [5, 5.41) is 0. The lowest BCUT2D eigenvalue weighted by atomic mass is 10.1. The second kappa shape index (κ2) is 8.27. The minimum atomic E-state index is -3.60. The Balaban J connectivity index is 2.02. The molecule has 0 aromatic heterocycles. The second-order valence-electron chi connectivity index (χ2n) is 6.47. The van der Waals surface area contributed by atoms with Crippen LogP contribution in [0.25, 0.3) is 0 Å². The number of rotatable bonds is 6. The predicted molar refractivity (Wildman–Crippen MR) is 113 cm³/mol. The summed E-state index contributed by atoms with van der Waals surface area (Å²) < 4.78 is 26.4.